The van der Waals surface area contributed by atoms with Gasteiger partial charge in [0.1, 0.15) is 0 Å². The number of rotatable bonds is 5. The summed E-state index contributed by atoms with van der Waals surface area (Å²) in [6.45, 7) is 4.58. The van der Waals surface area contributed by atoms with Crippen molar-refractivity contribution >= 4 is 0 Å². The van der Waals surface area contributed by atoms with E-state index >= 15 is 0 Å². The molecule has 0 spiro atoms. The van der Waals surface area contributed by atoms with Crippen LogP contribution >= 0.6 is 0 Å². The summed E-state index contributed by atoms with van der Waals surface area (Å²) in [5.41, 5.74) is 3.67. The number of hydrogen-bond acceptors (Lipinski definition) is 1. The van der Waals surface area contributed by atoms with Gasteiger partial charge in [0.15, 0.2) is 0 Å². The molecule has 0 aliphatic rings. The molecule has 0 bridgehead atoms. The van der Waals surface area contributed by atoms with E-state index in [2.05, 4.69) is 43.1 Å². The first-order chi connectivity index (χ1) is 8.79. The molecule has 1 heterocycles. The first-order valence-corrected chi connectivity index (χ1v) is 6.80. The molecule has 0 fully saturated rings. The molecule has 2 aromatic rings. The lowest BCUT2D eigenvalue weighted by Gasteiger charge is -2.08. The molecule has 1 aromatic heterocycles. The highest BCUT2D eigenvalue weighted by molar-refractivity contribution is 5.58. The van der Waals surface area contributed by atoms with Crippen LogP contribution < -0.4 is 0 Å². The molecule has 0 aliphatic heterocycles. The molecule has 1 atom stereocenters. The van der Waals surface area contributed by atoms with Gasteiger partial charge in [-0.1, -0.05) is 50.6 Å². The van der Waals surface area contributed by atoms with Crippen LogP contribution in [0.5, 0.6) is 0 Å². The van der Waals surface area contributed by atoms with Gasteiger partial charge >= 0.3 is 0 Å². The standard InChI is InChI=1S/C17H21N/c1-3-14(2)7-8-15-9-11-16(12-10-15)17-6-4-5-13-18-17/h4-6,9-14H,3,7-8H2,1-2H3. The average Bonchev–Trinajstić information content (AvgIpc) is 2.46. The van der Waals surface area contributed by atoms with Crippen LogP contribution in [0.2, 0.25) is 0 Å². The second-order valence-electron chi connectivity index (χ2n) is 4.96. The van der Waals surface area contributed by atoms with Crippen molar-refractivity contribution in [2.75, 3.05) is 0 Å². The third-order valence-electron chi connectivity index (χ3n) is 3.54. The zero-order valence-corrected chi connectivity index (χ0v) is 11.3. The van der Waals surface area contributed by atoms with Crippen LogP contribution in [-0.4, -0.2) is 4.98 Å². The second-order valence-corrected chi connectivity index (χ2v) is 4.96. The van der Waals surface area contributed by atoms with Gasteiger partial charge in [-0.25, -0.2) is 0 Å². The van der Waals surface area contributed by atoms with Gasteiger partial charge in [-0.05, 0) is 36.5 Å². The molecule has 1 unspecified atom stereocenters. The Balaban J connectivity index is 2.02. The lowest BCUT2D eigenvalue weighted by molar-refractivity contribution is 0.516. The van der Waals surface area contributed by atoms with Gasteiger partial charge in [-0.2, -0.15) is 0 Å². The minimum Gasteiger partial charge on any atom is -0.256 e. The van der Waals surface area contributed by atoms with Gasteiger partial charge in [0, 0.05) is 11.8 Å². The molecule has 0 radical (unpaired) electrons. The number of pyridine rings is 1. The van der Waals surface area contributed by atoms with E-state index in [1.165, 1.54) is 30.4 Å². The first kappa shape index (κ1) is 12.8. The summed E-state index contributed by atoms with van der Waals surface area (Å²) in [6.07, 6.45) is 5.56. The predicted molar refractivity (Wildman–Crippen MR) is 77.4 cm³/mol. The van der Waals surface area contributed by atoms with Gasteiger partial charge in [-0.15, -0.1) is 0 Å². The van der Waals surface area contributed by atoms with Crippen LogP contribution in [0.25, 0.3) is 11.3 Å². The van der Waals surface area contributed by atoms with Crippen LogP contribution in [0.1, 0.15) is 32.3 Å². The quantitative estimate of drug-likeness (QED) is 0.735. The molecule has 0 saturated carbocycles. The fourth-order valence-corrected chi connectivity index (χ4v) is 1.99. The average molecular weight is 239 g/mol. The smallest absolute Gasteiger partial charge is 0.0701 e. The number of nitrogens with zero attached hydrogens (tertiary/aromatic N) is 1. The third-order valence-corrected chi connectivity index (χ3v) is 3.54. The Bertz CT molecular complexity index is 459. The van der Waals surface area contributed by atoms with E-state index in [4.69, 9.17) is 0 Å². The molecule has 18 heavy (non-hydrogen) atoms. The summed E-state index contributed by atoms with van der Waals surface area (Å²) >= 11 is 0. The molecule has 94 valence electrons. The normalized spacial score (nSPS) is 12.3. The molecule has 1 aromatic carbocycles. The zero-order valence-electron chi connectivity index (χ0n) is 11.3. The first-order valence-electron chi connectivity index (χ1n) is 6.80. The number of benzene rings is 1. The summed E-state index contributed by atoms with van der Waals surface area (Å²) < 4.78 is 0. The lowest BCUT2D eigenvalue weighted by Crippen LogP contribution is -1.95. The Morgan fingerprint density at radius 3 is 2.44 bits per heavy atom. The molecule has 2 rings (SSSR count). The number of hydrogen-bond donors (Lipinski definition) is 0. The highest BCUT2D eigenvalue weighted by Gasteiger charge is 2.01. The van der Waals surface area contributed by atoms with E-state index < -0.39 is 0 Å². The van der Waals surface area contributed by atoms with E-state index in [1.54, 1.807) is 0 Å². The second kappa shape index (κ2) is 6.34. The zero-order chi connectivity index (χ0) is 12.8. The molecule has 1 nitrogen and oxygen atoms in total. The summed E-state index contributed by atoms with van der Waals surface area (Å²) in [5.74, 6) is 0.820. The Morgan fingerprint density at radius 2 is 1.83 bits per heavy atom. The van der Waals surface area contributed by atoms with Gasteiger partial charge in [0.2, 0.25) is 0 Å². The number of aryl methyl sites for hydroxylation is 1. The van der Waals surface area contributed by atoms with Crippen LogP contribution in [-0.2, 0) is 6.42 Å². The van der Waals surface area contributed by atoms with Crippen molar-refractivity contribution in [2.45, 2.75) is 33.1 Å². The van der Waals surface area contributed by atoms with Gasteiger partial charge < -0.3 is 0 Å². The molecular formula is C17H21N. The minimum atomic E-state index is 0.820. The lowest BCUT2D eigenvalue weighted by atomic mass is 9.98. The van der Waals surface area contributed by atoms with E-state index in [-0.39, 0.29) is 0 Å². The van der Waals surface area contributed by atoms with E-state index in [0.29, 0.717) is 0 Å². The maximum atomic E-state index is 4.37. The monoisotopic (exact) mass is 239 g/mol. The van der Waals surface area contributed by atoms with Crippen molar-refractivity contribution in [3.05, 3.63) is 54.2 Å². The number of aromatic nitrogens is 1. The topological polar surface area (TPSA) is 12.9 Å². The predicted octanol–water partition coefficient (Wildman–Crippen LogP) is 4.73. The molecule has 0 saturated heterocycles. The molecule has 0 amide bonds. The van der Waals surface area contributed by atoms with Crippen molar-refractivity contribution in [2.24, 2.45) is 5.92 Å². The van der Waals surface area contributed by atoms with Gasteiger partial charge in [0.05, 0.1) is 5.69 Å². The molecular weight excluding hydrogens is 218 g/mol. The summed E-state index contributed by atoms with van der Waals surface area (Å²) in [4.78, 5) is 4.37. The summed E-state index contributed by atoms with van der Waals surface area (Å²) in [5, 5.41) is 0. The maximum Gasteiger partial charge on any atom is 0.0701 e. The maximum absolute atomic E-state index is 4.37. The molecule has 1 heteroatoms. The Hall–Kier alpha value is -1.63. The van der Waals surface area contributed by atoms with Crippen molar-refractivity contribution in [3.63, 3.8) is 0 Å². The largest absolute Gasteiger partial charge is 0.256 e. The van der Waals surface area contributed by atoms with Crippen molar-refractivity contribution in [1.29, 1.82) is 0 Å². The minimum absolute atomic E-state index is 0.820. The molecule has 0 aliphatic carbocycles. The summed E-state index contributed by atoms with van der Waals surface area (Å²) in [7, 11) is 0. The van der Waals surface area contributed by atoms with Crippen molar-refractivity contribution in [1.82, 2.24) is 4.98 Å². The highest BCUT2D eigenvalue weighted by Crippen LogP contribution is 2.18. The van der Waals surface area contributed by atoms with E-state index in [0.717, 1.165) is 11.6 Å². The van der Waals surface area contributed by atoms with Gasteiger partial charge in [0.25, 0.3) is 0 Å². The third kappa shape index (κ3) is 3.43. The Morgan fingerprint density at radius 1 is 1.06 bits per heavy atom. The highest BCUT2D eigenvalue weighted by atomic mass is 14.7. The Labute approximate surface area is 110 Å². The van der Waals surface area contributed by atoms with Crippen LogP contribution in [0.15, 0.2) is 48.7 Å². The molecule has 0 N–H and O–H groups in total. The fourth-order valence-electron chi connectivity index (χ4n) is 1.99. The van der Waals surface area contributed by atoms with Crippen LogP contribution in [0, 0.1) is 5.92 Å². The van der Waals surface area contributed by atoms with Crippen LogP contribution in [0.3, 0.4) is 0 Å². The van der Waals surface area contributed by atoms with Crippen molar-refractivity contribution in [3.8, 4) is 11.3 Å². The SMILES string of the molecule is CCC(C)CCc1ccc(-c2ccccn2)cc1. The fraction of sp³-hybridized carbons (Fsp3) is 0.353. The van der Waals surface area contributed by atoms with Gasteiger partial charge in [-0.3, -0.25) is 4.98 Å². The van der Waals surface area contributed by atoms with E-state index in [1.807, 2.05) is 24.4 Å². The van der Waals surface area contributed by atoms with Crippen LogP contribution in [0.4, 0.5) is 0 Å². The van der Waals surface area contributed by atoms with E-state index in [9.17, 15) is 0 Å². The Kier molecular flexibility index (Phi) is 4.52. The summed E-state index contributed by atoms with van der Waals surface area (Å²) in [6, 6.07) is 14.8. The van der Waals surface area contributed by atoms with Crippen molar-refractivity contribution < 1.29 is 0 Å².